The minimum absolute atomic E-state index is 1.16. The number of rotatable bonds is 4. The van der Waals surface area contributed by atoms with Crippen molar-refractivity contribution in [1.82, 2.24) is 0 Å². The van der Waals surface area contributed by atoms with E-state index < -0.39 is 0 Å². The molecule has 0 heteroatoms. The summed E-state index contributed by atoms with van der Waals surface area (Å²) in [4.78, 5) is 0. The highest BCUT2D eigenvalue weighted by molar-refractivity contribution is 5.38. The Bertz CT molecular complexity index is 297. The van der Waals surface area contributed by atoms with Crippen molar-refractivity contribution < 1.29 is 0 Å². The summed E-state index contributed by atoms with van der Waals surface area (Å²) in [5, 5.41) is 0. The van der Waals surface area contributed by atoms with Crippen LogP contribution in [0, 0.1) is 13.8 Å². The molecule has 0 radical (unpaired) electrons. The highest BCUT2D eigenvalue weighted by Crippen LogP contribution is 2.19. The summed E-state index contributed by atoms with van der Waals surface area (Å²) in [6.07, 6.45) is 5.01. The van der Waals surface area contributed by atoms with Crippen molar-refractivity contribution in [2.75, 3.05) is 0 Å². The van der Waals surface area contributed by atoms with E-state index in [9.17, 15) is 0 Å². The Morgan fingerprint density at radius 1 is 1.00 bits per heavy atom. The van der Waals surface area contributed by atoms with E-state index in [1.165, 1.54) is 36.0 Å². The predicted molar refractivity (Wildman–Crippen MR) is 63.9 cm³/mol. The molecular formula is C14H22. The zero-order valence-electron chi connectivity index (χ0n) is 9.98. The maximum atomic E-state index is 2.35. The third-order valence-electron chi connectivity index (χ3n) is 2.95. The molecule has 0 amide bonds. The van der Waals surface area contributed by atoms with E-state index in [2.05, 4.69) is 39.8 Å². The van der Waals surface area contributed by atoms with Gasteiger partial charge >= 0.3 is 0 Å². The minimum Gasteiger partial charge on any atom is -0.0654 e. The largest absolute Gasteiger partial charge is 0.0654 e. The van der Waals surface area contributed by atoms with Gasteiger partial charge in [-0.25, -0.2) is 0 Å². The molecule has 0 aliphatic carbocycles. The second kappa shape index (κ2) is 5.19. The molecule has 0 nitrogen and oxygen atoms in total. The molecule has 14 heavy (non-hydrogen) atoms. The van der Waals surface area contributed by atoms with E-state index in [4.69, 9.17) is 0 Å². The molecule has 0 aromatic heterocycles. The maximum absolute atomic E-state index is 2.35. The number of benzene rings is 1. The lowest BCUT2D eigenvalue weighted by atomic mass is 9.94. The molecule has 0 aliphatic rings. The number of hydrogen-bond donors (Lipinski definition) is 0. The third kappa shape index (κ3) is 2.60. The van der Waals surface area contributed by atoms with Crippen molar-refractivity contribution >= 4 is 0 Å². The van der Waals surface area contributed by atoms with E-state index in [0.717, 1.165) is 6.42 Å². The number of hydrogen-bond acceptors (Lipinski definition) is 0. The van der Waals surface area contributed by atoms with Crippen LogP contribution < -0.4 is 0 Å². The monoisotopic (exact) mass is 190 g/mol. The molecule has 0 N–H and O–H groups in total. The average Bonchev–Trinajstić information content (AvgIpc) is 2.18. The van der Waals surface area contributed by atoms with E-state index in [1.54, 1.807) is 5.56 Å². The first-order valence-electron chi connectivity index (χ1n) is 5.78. The second-order valence-corrected chi connectivity index (χ2v) is 4.17. The summed E-state index contributed by atoms with van der Waals surface area (Å²) < 4.78 is 0. The molecule has 0 spiro atoms. The molecule has 1 aromatic carbocycles. The van der Waals surface area contributed by atoms with Crippen LogP contribution in [0.25, 0.3) is 0 Å². The van der Waals surface area contributed by atoms with Crippen LogP contribution in [0.15, 0.2) is 12.1 Å². The lowest BCUT2D eigenvalue weighted by Crippen LogP contribution is -1.96. The molecule has 1 aromatic rings. The molecular weight excluding hydrogens is 168 g/mol. The molecule has 0 aliphatic heterocycles. The van der Waals surface area contributed by atoms with Gasteiger partial charge in [-0.3, -0.25) is 0 Å². The Morgan fingerprint density at radius 2 is 1.64 bits per heavy atom. The van der Waals surface area contributed by atoms with Crippen molar-refractivity contribution in [3.8, 4) is 0 Å². The van der Waals surface area contributed by atoms with Crippen molar-refractivity contribution in [3.63, 3.8) is 0 Å². The first kappa shape index (κ1) is 11.3. The quantitative estimate of drug-likeness (QED) is 0.667. The van der Waals surface area contributed by atoms with Crippen molar-refractivity contribution in [2.45, 2.75) is 53.4 Å². The highest BCUT2D eigenvalue weighted by atomic mass is 14.1. The fourth-order valence-corrected chi connectivity index (χ4v) is 2.01. The van der Waals surface area contributed by atoms with Gasteiger partial charge in [0.15, 0.2) is 0 Å². The summed E-state index contributed by atoms with van der Waals surface area (Å²) in [6, 6.07) is 4.68. The Morgan fingerprint density at radius 3 is 2.21 bits per heavy atom. The van der Waals surface area contributed by atoms with Gasteiger partial charge in [-0.15, -0.1) is 0 Å². The van der Waals surface area contributed by atoms with Crippen LogP contribution in [0.4, 0.5) is 0 Å². The summed E-state index contributed by atoms with van der Waals surface area (Å²) in [6.45, 7) is 8.97. The molecule has 1 rings (SSSR count). The van der Waals surface area contributed by atoms with Crippen molar-refractivity contribution in [1.29, 1.82) is 0 Å². The number of unbranched alkanes of at least 4 members (excludes halogenated alkanes) is 1. The standard InChI is InChI=1S/C14H22/c1-5-7-8-14-10-11(3)9-13(6-2)12(14)4/h9-10H,5-8H2,1-4H3. The van der Waals surface area contributed by atoms with Gasteiger partial charge in [-0.05, 0) is 49.8 Å². The lowest BCUT2D eigenvalue weighted by Gasteiger charge is -2.11. The zero-order chi connectivity index (χ0) is 10.6. The van der Waals surface area contributed by atoms with Crippen LogP contribution in [-0.2, 0) is 12.8 Å². The second-order valence-electron chi connectivity index (χ2n) is 4.17. The van der Waals surface area contributed by atoms with E-state index >= 15 is 0 Å². The first-order valence-corrected chi connectivity index (χ1v) is 5.78. The first-order chi connectivity index (χ1) is 6.69. The Kier molecular flexibility index (Phi) is 4.19. The van der Waals surface area contributed by atoms with Crippen molar-refractivity contribution in [3.05, 3.63) is 34.4 Å². The summed E-state index contributed by atoms with van der Waals surface area (Å²) in [5.74, 6) is 0. The SMILES string of the molecule is CCCCc1cc(C)cc(CC)c1C. The molecule has 0 atom stereocenters. The van der Waals surface area contributed by atoms with Crippen LogP contribution in [0.3, 0.4) is 0 Å². The minimum atomic E-state index is 1.16. The smallest absolute Gasteiger partial charge is 0.0276 e. The highest BCUT2D eigenvalue weighted by Gasteiger charge is 2.03. The van der Waals surface area contributed by atoms with Crippen LogP contribution in [-0.4, -0.2) is 0 Å². The molecule has 0 saturated heterocycles. The van der Waals surface area contributed by atoms with Gasteiger partial charge in [0.05, 0.1) is 0 Å². The predicted octanol–water partition coefficient (Wildman–Crippen LogP) is 4.21. The van der Waals surface area contributed by atoms with E-state index in [0.29, 0.717) is 0 Å². The van der Waals surface area contributed by atoms with Gasteiger partial charge in [-0.2, -0.15) is 0 Å². The summed E-state index contributed by atoms with van der Waals surface area (Å²) >= 11 is 0. The van der Waals surface area contributed by atoms with Gasteiger partial charge in [0, 0.05) is 0 Å². The Balaban J connectivity index is 2.96. The van der Waals surface area contributed by atoms with Crippen LogP contribution in [0.1, 0.15) is 48.9 Å². The molecule has 0 saturated carbocycles. The van der Waals surface area contributed by atoms with E-state index in [1.807, 2.05) is 0 Å². The van der Waals surface area contributed by atoms with Crippen molar-refractivity contribution in [2.24, 2.45) is 0 Å². The normalized spacial score (nSPS) is 10.6. The zero-order valence-corrected chi connectivity index (χ0v) is 9.98. The van der Waals surface area contributed by atoms with Crippen LogP contribution >= 0.6 is 0 Å². The third-order valence-corrected chi connectivity index (χ3v) is 2.95. The molecule has 0 bridgehead atoms. The van der Waals surface area contributed by atoms with E-state index in [-0.39, 0.29) is 0 Å². The summed E-state index contributed by atoms with van der Waals surface area (Å²) in [7, 11) is 0. The summed E-state index contributed by atoms with van der Waals surface area (Å²) in [5.41, 5.74) is 6.02. The van der Waals surface area contributed by atoms with Gasteiger partial charge in [0.1, 0.15) is 0 Å². The average molecular weight is 190 g/mol. The van der Waals surface area contributed by atoms with Gasteiger partial charge in [0.2, 0.25) is 0 Å². The molecule has 0 fully saturated rings. The van der Waals surface area contributed by atoms with Gasteiger partial charge < -0.3 is 0 Å². The fraction of sp³-hybridized carbons (Fsp3) is 0.571. The Hall–Kier alpha value is -0.780. The molecule has 78 valence electrons. The fourth-order valence-electron chi connectivity index (χ4n) is 2.01. The molecule has 0 unspecified atom stereocenters. The Labute approximate surface area is 88.4 Å². The van der Waals surface area contributed by atoms with Gasteiger partial charge in [0.25, 0.3) is 0 Å². The number of aryl methyl sites for hydroxylation is 3. The van der Waals surface area contributed by atoms with Gasteiger partial charge in [-0.1, -0.05) is 38.0 Å². The maximum Gasteiger partial charge on any atom is -0.0276 e. The topological polar surface area (TPSA) is 0 Å². The van der Waals surface area contributed by atoms with Crippen LogP contribution in [0.5, 0.6) is 0 Å². The lowest BCUT2D eigenvalue weighted by molar-refractivity contribution is 0.788. The molecule has 0 heterocycles. The van der Waals surface area contributed by atoms with Crippen LogP contribution in [0.2, 0.25) is 0 Å².